The van der Waals surface area contributed by atoms with E-state index in [0.717, 1.165) is 76.5 Å². The lowest BCUT2D eigenvalue weighted by atomic mass is 9.81. The average molecular weight is 319 g/mol. The Balaban J connectivity index is 1.49. The van der Waals surface area contributed by atoms with E-state index in [2.05, 4.69) is 12.1 Å². The Hall–Kier alpha value is -1.43. The molecule has 1 aliphatic carbocycles. The summed E-state index contributed by atoms with van der Waals surface area (Å²) < 4.78 is 11.0. The molecule has 23 heavy (non-hydrogen) atoms. The molecule has 2 saturated heterocycles. The molecule has 0 aromatic carbocycles. The monoisotopic (exact) mass is 319 g/mol. The molecule has 1 aromatic heterocycles. The van der Waals surface area contributed by atoms with E-state index in [1.54, 1.807) is 0 Å². The van der Waals surface area contributed by atoms with Crippen LogP contribution in [-0.4, -0.2) is 47.3 Å². The SMILES string of the molecule is CC1(c2noc(C3CCOCC3)n2)CCCN(C(=O)C2CC2)C1. The van der Waals surface area contributed by atoms with Crippen LogP contribution in [0.3, 0.4) is 0 Å². The molecular weight excluding hydrogens is 294 g/mol. The van der Waals surface area contributed by atoms with Crippen LogP contribution in [-0.2, 0) is 14.9 Å². The van der Waals surface area contributed by atoms with Crippen molar-refractivity contribution in [3.63, 3.8) is 0 Å². The molecule has 0 bridgehead atoms. The van der Waals surface area contributed by atoms with E-state index in [1.165, 1.54) is 0 Å². The first-order chi connectivity index (χ1) is 11.2. The molecular formula is C17H25N3O3. The molecule has 1 unspecified atom stereocenters. The van der Waals surface area contributed by atoms with Gasteiger partial charge in [-0.2, -0.15) is 4.98 Å². The van der Waals surface area contributed by atoms with Gasteiger partial charge in [-0.3, -0.25) is 4.79 Å². The van der Waals surface area contributed by atoms with Crippen molar-refractivity contribution in [2.45, 2.75) is 56.8 Å². The second kappa shape index (κ2) is 5.89. The van der Waals surface area contributed by atoms with E-state index >= 15 is 0 Å². The predicted molar refractivity (Wildman–Crippen MR) is 83.0 cm³/mol. The van der Waals surface area contributed by atoms with Gasteiger partial charge in [-0.05, 0) is 38.5 Å². The summed E-state index contributed by atoms with van der Waals surface area (Å²) in [6.45, 7) is 5.29. The fourth-order valence-electron chi connectivity index (χ4n) is 3.79. The number of amides is 1. The highest BCUT2D eigenvalue weighted by molar-refractivity contribution is 5.81. The molecule has 126 valence electrons. The Bertz CT molecular complexity index is 577. The van der Waals surface area contributed by atoms with Crippen LogP contribution < -0.4 is 0 Å². The number of ether oxygens (including phenoxy) is 1. The summed E-state index contributed by atoms with van der Waals surface area (Å²) in [4.78, 5) is 19.1. The summed E-state index contributed by atoms with van der Waals surface area (Å²) in [5, 5.41) is 4.28. The minimum atomic E-state index is -0.185. The van der Waals surface area contributed by atoms with Crippen molar-refractivity contribution >= 4 is 5.91 Å². The van der Waals surface area contributed by atoms with Gasteiger partial charge in [-0.1, -0.05) is 12.1 Å². The maximum Gasteiger partial charge on any atom is 0.229 e. The van der Waals surface area contributed by atoms with E-state index in [9.17, 15) is 4.79 Å². The minimum absolute atomic E-state index is 0.185. The van der Waals surface area contributed by atoms with Crippen molar-refractivity contribution in [2.75, 3.05) is 26.3 Å². The van der Waals surface area contributed by atoms with Crippen LogP contribution in [0.4, 0.5) is 0 Å². The first kappa shape index (κ1) is 15.1. The van der Waals surface area contributed by atoms with Crippen LogP contribution in [0.5, 0.6) is 0 Å². The lowest BCUT2D eigenvalue weighted by molar-refractivity contribution is -0.134. The molecule has 3 aliphatic rings. The number of nitrogens with zero attached hydrogens (tertiary/aromatic N) is 3. The second-order valence-electron chi connectivity index (χ2n) is 7.54. The molecule has 1 amide bonds. The number of likely N-dealkylation sites (tertiary alicyclic amines) is 1. The van der Waals surface area contributed by atoms with Gasteiger partial charge in [-0.25, -0.2) is 0 Å². The van der Waals surface area contributed by atoms with Crippen LogP contribution >= 0.6 is 0 Å². The van der Waals surface area contributed by atoms with Crippen molar-refractivity contribution in [3.05, 3.63) is 11.7 Å². The van der Waals surface area contributed by atoms with Gasteiger partial charge in [0.2, 0.25) is 11.8 Å². The molecule has 3 fully saturated rings. The smallest absolute Gasteiger partial charge is 0.229 e. The van der Waals surface area contributed by atoms with E-state index in [-0.39, 0.29) is 11.3 Å². The van der Waals surface area contributed by atoms with Crippen molar-refractivity contribution in [1.29, 1.82) is 0 Å². The van der Waals surface area contributed by atoms with Gasteiger partial charge in [0.05, 0.1) is 0 Å². The van der Waals surface area contributed by atoms with Crippen LogP contribution in [0, 0.1) is 5.92 Å². The Kier molecular flexibility index (Phi) is 3.87. The highest BCUT2D eigenvalue weighted by Crippen LogP contribution is 2.37. The number of hydrogen-bond donors (Lipinski definition) is 0. The van der Waals surface area contributed by atoms with E-state index < -0.39 is 0 Å². The third-order valence-electron chi connectivity index (χ3n) is 5.49. The molecule has 2 aliphatic heterocycles. The van der Waals surface area contributed by atoms with Gasteiger partial charge >= 0.3 is 0 Å². The van der Waals surface area contributed by atoms with Crippen LogP contribution in [0.25, 0.3) is 0 Å². The highest BCUT2D eigenvalue weighted by Gasteiger charge is 2.42. The summed E-state index contributed by atoms with van der Waals surface area (Å²) in [5.74, 6) is 2.44. The summed E-state index contributed by atoms with van der Waals surface area (Å²) in [5.41, 5.74) is -0.185. The number of hydrogen-bond acceptors (Lipinski definition) is 5. The fourth-order valence-corrected chi connectivity index (χ4v) is 3.79. The van der Waals surface area contributed by atoms with Crippen LogP contribution in [0.2, 0.25) is 0 Å². The van der Waals surface area contributed by atoms with Gasteiger partial charge in [0.15, 0.2) is 5.82 Å². The third-order valence-corrected chi connectivity index (χ3v) is 5.49. The predicted octanol–water partition coefficient (Wildman–Crippen LogP) is 2.25. The van der Waals surface area contributed by atoms with Crippen LogP contribution in [0.1, 0.15) is 63.1 Å². The van der Waals surface area contributed by atoms with E-state index in [1.807, 2.05) is 4.90 Å². The van der Waals surface area contributed by atoms with Gasteiger partial charge in [0, 0.05) is 43.6 Å². The Labute approximate surface area is 136 Å². The van der Waals surface area contributed by atoms with Gasteiger partial charge < -0.3 is 14.2 Å². The summed E-state index contributed by atoms with van der Waals surface area (Å²) >= 11 is 0. The number of carbonyl (C=O) groups excluding carboxylic acids is 1. The maximum atomic E-state index is 12.4. The normalized spacial score (nSPS) is 29.7. The van der Waals surface area contributed by atoms with Crippen molar-refractivity contribution in [1.82, 2.24) is 15.0 Å². The zero-order valence-electron chi connectivity index (χ0n) is 13.8. The summed E-state index contributed by atoms with van der Waals surface area (Å²) in [7, 11) is 0. The molecule has 3 heterocycles. The van der Waals surface area contributed by atoms with E-state index in [4.69, 9.17) is 14.2 Å². The molecule has 6 heteroatoms. The zero-order valence-corrected chi connectivity index (χ0v) is 13.8. The van der Waals surface area contributed by atoms with Crippen molar-refractivity contribution in [3.8, 4) is 0 Å². The second-order valence-corrected chi connectivity index (χ2v) is 7.54. The quantitative estimate of drug-likeness (QED) is 0.855. The summed E-state index contributed by atoms with van der Waals surface area (Å²) in [6, 6.07) is 0. The summed E-state index contributed by atoms with van der Waals surface area (Å²) in [6.07, 6.45) is 6.03. The van der Waals surface area contributed by atoms with Gasteiger partial charge in [0.1, 0.15) is 0 Å². The number of aromatic nitrogens is 2. The maximum absolute atomic E-state index is 12.4. The zero-order chi connectivity index (χ0) is 15.9. The van der Waals surface area contributed by atoms with Crippen molar-refractivity contribution in [2.24, 2.45) is 5.92 Å². The number of carbonyl (C=O) groups is 1. The minimum Gasteiger partial charge on any atom is -0.381 e. The number of piperidine rings is 1. The standard InChI is InChI=1S/C17H25N3O3/c1-17(7-2-8-20(11-17)15(21)13-3-4-13)16-18-14(23-19-16)12-5-9-22-10-6-12/h12-13H,2-11H2,1H3. The molecule has 0 N–H and O–H groups in total. The first-order valence-electron chi connectivity index (χ1n) is 8.86. The molecule has 1 atom stereocenters. The third kappa shape index (κ3) is 3.01. The largest absolute Gasteiger partial charge is 0.381 e. The topological polar surface area (TPSA) is 68.5 Å². The molecule has 0 spiro atoms. The lowest BCUT2D eigenvalue weighted by Crippen LogP contribution is -2.48. The molecule has 1 saturated carbocycles. The molecule has 0 radical (unpaired) electrons. The van der Waals surface area contributed by atoms with Gasteiger partial charge in [0.25, 0.3) is 0 Å². The van der Waals surface area contributed by atoms with Gasteiger partial charge in [-0.15, -0.1) is 0 Å². The Morgan fingerprint density at radius 3 is 2.78 bits per heavy atom. The fraction of sp³-hybridized carbons (Fsp3) is 0.824. The van der Waals surface area contributed by atoms with Crippen molar-refractivity contribution < 1.29 is 14.1 Å². The average Bonchev–Trinajstić information content (AvgIpc) is 3.30. The highest BCUT2D eigenvalue weighted by atomic mass is 16.5. The lowest BCUT2D eigenvalue weighted by Gasteiger charge is -2.38. The van der Waals surface area contributed by atoms with Crippen LogP contribution in [0.15, 0.2) is 4.52 Å². The molecule has 6 nitrogen and oxygen atoms in total. The Morgan fingerprint density at radius 1 is 1.26 bits per heavy atom. The first-order valence-corrected chi connectivity index (χ1v) is 8.86. The van der Waals surface area contributed by atoms with E-state index in [0.29, 0.717) is 11.8 Å². The Morgan fingerprint density at radius 2 is 2.04 bits per heavy atom. The molecule has 4 rings (SSSR count). The molecule has 1 aromatic rings. The number of rotatable bonds is 3.